The molecule has 0 bridgehead atoms. The predicted octanol–water partition coefficient (Wildman–Crippen LogP) is 1.92. The molecular formula is C12H18N2O5S2. The molecule has 0 aliphatic carbocycles. The lowest BCUT2D eigenvalue weighted by atomic mass is 9.96. The van der Waals surface area contributed by atoms with E-state index < -0.39 is 14.8 Å². The number of nitro groups is 1. The second kappa shape index (κ2) is 5.90. The molecular weight excluding hydrogens is 316 g/mol. The number of hydrogen-bond donors (Lipinski definition) is 0. The summed E-state index contributed by atoms with van der Waals surface area (Å²) in [6.07, 6.45) is 1.90. The number of piperidine rings is 1. The number of rotatable bonds is 4. The van der Waals surface area contributed by atoms with Crippen LogP contribution in [0.2, 0.25) is 0 Å². The highest BCUT2D eigenvalue weighted by Crippen LogP contribution is 2.41. The zero-order valence-electron chi connectivity index (χ0n) is 12.1. The largest absolute Gasteiger partial charge is 0.379 e. The van der Waals surface area contributed by atoms with E-state index in [-0.39, 0.29) is 16.0 Å². The topological polar surface area (TPSA) is 89.8 Å². The quantitative estimate of drug-likeness (QED) is 0.617. The van der Waals surface area contributed by atoms with E-state index in [1.807, 2.05) is 4.90 Å². The summed E-state index contributed by atoms with van der Waals surface area (Å²) in [6, 6.07) is 1.15. The van der Waals surface area contributed by atoms with Crippen molar-refractivity contribution in [3.63, 3.8) is 0 Å². The lowest BCUT2D eigenvalue weighted by molar-refractivity contribution is -0.383. The molecule has 1 aliphatic rings. The molecule has 2 heterocycles. The van der Waals surface area contributed by atoms with Crippen molar-refractivity contribution in [1.29, 1.82) is 0 Å². The summed E-state index contributed by atoms with van der Waals surface area (Å²) in [7, 11) is -1.83. The molecule has 0 N–H and O–H groups in total. The van der Waals surface area contributed by atoms with Crippen molar-refractivity contribution in [2.75, 3.05) is 31.4 Å². The van der Waals surface area contributed by atoms with Crippen molar-refractivity contribution in [2.24, 2.45) is 5.92 Å². The molecule has 118 valence electrons. The van der Waals surface area contributed by atoms with Crippen molar-refractivity contribution < 1.29 is 18.1 Å². The minimum atomic E-state index is -3.45. The van der Waals surface area contributed by atoms with Gasteiger partial charge in [-0.2, -0.15) is 0 Å². The molecule has 0 amide bonds. The van der Waals surface area contributed by atoms with Crippen molar-refractivity contribution in [1.82, 2.24) is 0 Å². The summed E-state index contributed by atoms with van der Waals surface area (Å²) >= 11 is 0.956. The smallest absolute Gasteiger partial charge is 0.305 e. The summed E-state index contributed by atoms with van der Waals surface area (Å²) < 4.78 is 28.7. The van der Waals surface area contributed by atoms with Crippen LogP contribution >= 0.6 is 11.3 Å². The molecule has 9 heteroatoms. The van der Waals surface area contributed by atoms with Gasteiger partial charge in [-0.1, -0.05) is 18.3 Å². The van der Waals surface area contributed by atoms with Crippen molar-refractivity contribution in [3.8, 4) is 0 Å². The van der Waals surface area contributed by atoms with Crippen LogP contribution in [-0.4, -0.2) is 45.9 Å². The Hall–Kier alpha value is -1.19. The molecule has 0 saturated carbocycles. The van der Waals surface area contributed by atoms with Crippen molar-refractivity contribution in [3.05, 3.63) is 16.2 Å². The third-order valence-electron chi connectivity index (χ3n) is 3.71. The summed E-state index contributed by atoms with van der Waals surface area (Å²) in [5.74, 6) is 0.375. The van der Waals surface area contributed by atoms with Gasteiger partial charge in [-0.05, 0) is 12.3 Å². The molecule has 0 spiro atoms. The molecule has 7 nitrogen and oxygen atoms in total. The standard InChI is InChI=1S/C12H18N2O5S2/c1-8-4-5-13(7-10(8)19-2)12-9(14(15)16)6-11(20-12)21(3,17)18/h6,8,10H,4-5,7H2,1-3H3. The van der Waals surface area contributed by atoms with Crippen molar-refractivity contribution >= 4 is 31.9 Å². The highest BCUT2D eigenvalue weighted by atomic mass is 32.2. The van der Waals surface area contributed by atoms with Crippen LogP contribution in [0.25, 0.3) is 0 Å². The molecule has 1 saturated heterocycles. The molecule has 2 atom stereocenters. The lowest BCUT2D eigenvalue weighted by Crippen LogP contribution is -2.43. The van der Waals surface area contributed by atoms with Gasteiger partial charge in [0.15, 0.2) is 14.8 Å². The maximum Gasteiger partial charge on any atom is 0.305 e. The molecule has 0 radical (unpaired) electrons. The fourth-order valence-electron chi connectivity index (χ4n) is 2.42. The van der Waals surface area contributed by atoms with E-state index in [2.05, 4.69) is 6.92 Å². The van der Waals surface area contributed by atoms with Crippen LogP contribution in [0.15, 0.2) is 10.3 Å². The van der Waals surface area contributed by atoms with Gasteiger partial charge in [0, 0.05) is 32.5 Å². The van der Waals surface area contributed by atoms with Crippen LogP contribution in [0, 0.1) is 16.0 Å². The average Bonchev–Trinajstić information content (AvgIpc) is 2.84. The van der Waals surface area contributed by atoms with E-state index in [9.17, 15) is 18.5 Å². The maximum absolute atomic E-state index is 11.6. The Morgan fingerprint density at radius 3 is 2.71 bits per heavy atom. The molecule has 0 aromatic carbocycles. The average molecular weight is 334 g/mol. The van der Waals surface area contributed by atoms with Crippen molar-refractivity contribution in [2.45, 2.75) is 23.7 Å². The number of sulfone groups is 1. The fraction of sp³-hybridized carbons (Fsp3) is 0.667. The summed E-state index contributed by atoms with van der Waals surface area (Å²) in [4.78, 5) is 12.5. The van der Waals surface area contributed by atoms with E-state index in [1.54, 1.807) is 7.11 Å². The van der Waals surface area contributed by atoms with Gasteiger partial charge in [0.05, 0.1) is 11.0 Å². The number of hydrogen-bond acceptors (Lipinski definition) is 7. The monoisotopic (exact) mass is 334 g/mol. The van der Waals surface area contributed by atoms with Gasteiger partial charge in [0.1, 0.15) is 4.21 Å². The molecule has 1 aromatic rings. The van der Waals surface area contributed by atoms with E-state index in [1.165, 1.54) is 0 Å². The molecule has 1 aliphatic heterocycles. The second-order valence-corrected chi connectivity index (χ2v) is 8.54. The van der Waals surface area contributed by atoms with Gasteiger partial charge >= 0.3 is 5.69 Å². The Labute approximate surface area is 127 Å². The van der Waals surface area contributed by atoms with Crippen LogP contribution in [0.5, 0.6) is 0 Å². The van der Waals surface area contributed by atoms with E-state index in [0.717, 1.165) is 30.1 Å². The minimum absolute atomic E-state index is 0.0119. The predicted molar refractivity (Wildman–Crippen MR) is 80.9 cm³/mol. The first kappa shape index (κ1) is 16.2. The number of ether oxygens (including phenoxy) is 1. The lowest BCUT2D eigenvalue weighted by Gasteiger charge is -2.36. The summed E-state index contributed by atoms with van der Waals surface area (Å²) in [6.45, 7) is 3.27. The number of nitrogens with zero attached hydrogens (tertiary/aromatic N) is 2. The highest BCUT2D eigenvalue weighted by Gasteiger charge is 2.32. The molecule has 2 rings (SSSR count). The van der Waals surface area contributed by atoms with E-state index in [0.29, 0.717) is 24.0 Å². The first-order valence-corrected chi connectivity index (χ1v) is 9.21. The van der Waals surface area contributed by atoms with Crippen LogP contribution in [0.3, 0.4) is 0 Å². The summed E-state index contributed by atoms with van der Waals surface area (Å²) in [5, 5.41) is 11.6. The Morgan fingerprint density at radius 2 is 2.19 bits per heavy atom. The van der Waals surface area contributed by atoms with Gasteiger partial charge in [-0.15, -0.1) is 0 Å². The third kappa shape index (κ3) is 3.35. The van der Waals surface area contributed by atoms with Gasteiger partial charge < -0.3 is 9.64 Å². The van der Waals surface area contributed by atoms with Crippen LogP contribution in [0.4, 0.5) is 10.7 Å². The molecule has 2 unspecified atom stereocenters. The Kier molecular flexibility index (Phi) is 4.54. The van der Waals surface area contributed by atoms with Gasteiger partial charge in [0.25, 0.3) is 0 Å². The molecule has 1 fully saturated rings. The molecule has 1 aromatic heterocycles. The first-order chi connectivity index (χ1) is 9.74. The molecule has 21 heavy (non-hydrogen) atoms. The summed E-state index contributed by atoms with van der Waals surface area (Å²) in [5.41, 5.74) is -0.148. The Morgan fingerprint density at radius 1 is 1.52 bits per heavy atom. The highest BCUT2D eigenvalue weighted by molar-refractivity contribution is 7.92. The van der Waals surface area contributed by atoms with Crippen LogP contribution in [-0.2, 0) is 14.6 Å². The van der Waals surface area contributed by atoms with E-state index in [4.69, 9.17) is 4.74 Å². The zero-order valence-corrected chi connectivity index (χ0v) is 13.7. The fourth-order valence-corrected chi connectivity index (χ4v) is 4.48. The number of thiophene rings is 1. The normalized spacial score (nSPS) is 23.3. The first-order valence-electron chi connectivity index (χ1n) is 6.50. The Balaban J connectivity index is 2.39. The van der Waals surface area contributed by atoms with Crippen LogP contribution < -0.4 is 4.90 Å². The SMILES string of the molecule is COC1CN(c2sc(S(C)(=O)=O)cc2[N+](=O)[O-])CCC1C. The van der Waals surface area contributed by atoms with Gasteiger partial charge in [-0.3, -0.25) is 10.1 Å². The van der Waals surface area contributed by atoms with Gasteiger partial charge in [0.2, 0.25) is 0 Å². The van der Waals surface area contributed by atoms with E-state index >= 15 is 0 Å². The minimum Gasteiger partial charge on any atom is -0.379 e. The maximum atomic E-state index is 11.6. The third-order valence-corrected chi connectivity index (χ3v) is 6.70. The van der Waals surface area contributed by atoms with Crippen LogP contribution in [0.1, 0.15) is 13.3 Å². The zero-order chi connectivity index (χ0) is 15.8. The second-order valence-electron chi connectivity index (χ2n) is 5.27. The number of anilines is 1. The van der Waals surface area contributed by atoms with Gasteiger partial charge in [-0.25, -0.2) is 8.42 Å². The Bertz CT molecular complexity index is 640. The number of methoxy groups -OCH3 is 1.